The first kappa shape index (κ1) is 43.0. The van der Waals surface area contributed by atoms with Crippen molar-refractivity contribution in [2.45, 2.75) is 0 Å². The number of hydrogen-bond acceptors (Lipinski definition) is 12. The summed E-state index contributed by atoms with van der Waals surface area (Å²) in [7, 11) is 0. The van der Waals surface area contributed by atoms with Gasteiger partial charge in [-0.25, -0.2) is 0 Å². The summed E-state index contributed by atoms with van der Waals surface area (Å²) >= 11 is 0. The van der Waals surface area contributed by atoms with E-state index >= 15 is 0 Å². The molecule has 0 aliphatic heterocycles. The Kier molecular flexibility index (Phi) is 81.4. The van der Waals surface area contributed by atoms with Crippen LogP contribution in [0, 0.1) is 0 Å². The second-order valence-corrected chi connectivity index (χ2v) is 1.00. The summed E-state index contributed by atoms with van der Waals surface area (Å²) in [5.74, 6) is 0. The minimum absolute atomic E-state index is 0. The molecule has 19 heavy (non-hydrogen) atoms. The van der Waals surface area contributed by atoms with Crippen LogP contribution in [0.25, 0.3) is 0 Å². The minimum atomic E-state index is -2.33. The number of carboxylic acid groups (broad SMARTS) is 8. The van der Waals surface area contributed by atoms with Gasteiger partial charge in [-0.05, 0) is 24.6 Å². The summed E-state index contributed by atoms with van der Waals surface area (Å²) < 4.78 is 0. The number of carbonyl (C=O) groups is 4. The van der Waals surface area contributed by atoms with E-state index in [-0.39, 0.29) is 57.8 Å². The molecular formula is C4Al2MgO12. The van der Waals surface area contributed by atoms with Gasteiger partial charge in [0.25, 0.3) is 0 Å². The first-order valence-corrected chi connectivity index (χ1v) is 2.45. The fourth-order valence-electron chi connectivity index (χ4n) is 0. The Hall–Kier alpha value is -1.09. The Bertz CT molecular complexity index is 168. The van der Waals surface area contributed by atoms with Crippen LogP contribution in [0.5, 0.6) is 0 Å². The predicted molar refractivity (Wildman–Crippen MR) is 38.8 cm³/mol. The van der Waals surface area contributed by atoms with Crippen LogP contribution in [0.2, 0.25) is 0 Å². The van der Waals surface area contributed by atoms with Gasteiger partial charge >= 0.3 is 57.8 Å². The van der Waals surface area contributed by atoms with Gasteiger partial charge in [0.2, 0.25) is 0 Å². The summed E-state index contributed by atoms with van der Waals surface area (Å²) in [6.07, 6.45) is -9.33. The molecule has 0 aromatic rings. The fourth-order valence-corrected chi connectivity index (χ4v) is 0. The van der Waals surface area contributed by atoms with Crippen LogP contribution in [-0.2, 0) is 0 Å². The monoisotopic (exact) mass is 318 g/mol. The van der Waals surface area contributed by atoms with Crippen molar-refractivity contribution < 1.29 is 60.0 Å². The van der Waals surface area contributed by atoms with Crippen molar-refractivity contribution in [2.24, 2.45) is 0 Å². The topological polar surface area (TPSA) is 253 Å². The molecule has 0 saturated heterocycles. The van der Waals surface area contributed by atoms with Crippen LogP contribution in [0.15, 0.2) is 0 Å². The molecule has 0 aliphatic carbocycles. The number of rotatable bonds is 0. The molecule has 0 bridgehead atoms. The predicted octanol–water partition coefficient (Wildman–Crippen LogP) is -10.9. The van der Waals surface area contributed by atoms with Crippen LogP contribution in [0.1, 0.15) is 0 Å². The SMILES string of the molecule is O=C([O-])[O-].O=C([O-])[O-].O=C([O-])[O-].O=C([O-])[O-].[Al+3].[Al+3].[Mg+2]. The van der Waals surface area contributed by atoms with Crippen LogP contribution < -0.4 is 40.9 Å². The van der Waals surface area contributed by atoms with Gasteiger partial charge in [-0.2, -0.15) is 0 Å². The molecule has 96 valence electrons. The zero-order valence-corrected chi connectivity index (χ0v) is 12.5. The van der Waals surface area contributed by atoms with E-state index in [2.05, 4.69) is 0 Å². The first-order chi connectivity index (χ1) is 6.93. The fraction of sp³-hybridized carbons (Fsp3) is 0. The minimum Gasteiger partial charge on any atom is -0.652 e. The molecule has 0 unspecified atom stereocenters. The molecule has 0 aliphatic rings. The molecule has 15 heteroatoms. The van der Waals surface area contributed by atoms with E-state index in [0.29, 0.717) is 0 Å². The molecule has 0 spiro atoms. The normalized spacial score (nSPS) is 5.05. The molecule has 0 radical (unpaired) electrons. The maximum Gasteiger partial charge on any atom is 3.00 e. The van der Waals surface area contributed by atoms with E-state index in [1.165, 1.54) is 0 Å². The second-order valence-electron chi connectivity index (χ2n) is 1.00. The third-order valence-corrected chi connectivity index (χ3v) is 0. The summed E-state index contributed by atoms with van der Waals surface area (Å²) in [5.41, 5.74) is 0. The molecule has 0 heterocycles. The van der Waals surface area contributed by atoms with E-state index in [1.54, 1.807) is 0 Å². The van der Waals surface area contributed by atoms with Crippen molar-refractivity contribution in [3.05, 3.63) is 0 Å². The largest absolute Gasteiger partial charge is 3.00 e. The summed E-state index contributed by atoms with van der Waals surface area (Å²) in [6, 6.07) is 0. The van der Waals surface area contributed by atoms with Gasteiger partial charge in [0.05, 0.1) is 0 Å². The van der Waals surface area contributed by atoms with Gasteiger partial charge in [0, 0.05) is 0 Å². The van der Waals surface area contributed by atoms with Crippen LogP contribution in [-0.4, -0.2) is 82.4 Å². The Morgan fingerprint density at radius 2 is 0.421 bits per heavy atom. The molecule has 0 fully saturated rings. The smallest absolute Gasteiger partial charge is 0.652 e. The Balaban J connectivity index is -0.0000000192. The van der Waals surface area contributed by atoms with Crippen molar-refractivity contribution >= 4 is 82.4 Å². The quantitative estimate of drug-likeness (QED) is 0.377. The van der Waals surface area contributed by atoms with Crippen molar-refractivity contribution in [3.63, 3.8) is 0 Å². The maximum atomic E-state index is 8.33. The molecule has 0 N–H and O–H groups in total. The second kappa shape index (κ2) is 36.0. The summed E-state index contributed by atoms with van der Waals surface area (Å²) in [6.45, 7) is 0. The van der Waals surface area contributed by atoms with E-state index < -0.39 is 24.6 Å². The molecule has 0 saturated carbocycles. The summed E-state index contributed by atoms with van der Waals surface area (Å²) in [4.78, 5) is 33.3. The molecular weight excluding hydrogens is 318 g/mol. The van der Waals surface area contributed by atoms with Crippen LogP contribution >= 0.6 is 0 Å². The average molecular weight is 318 g/mol. The van der Waals surface area contributed by atoms with Crippen LogP contribution in [0.4, 0.5) is 19.2 Å². The zero-order chi connectivity index (χ0) is 14.3. The molecule has 12 nitrogen and oxygen atoms in total. The molecule has 0 atom stereocenters. The molecule has 0 aromatic heterocycles. The van der Waals surface area contributed by atoms with Gasteiger partial charge in [0.15, 0.2) is 0 Å². The van der Waals surface area contributed by atoms with E-state index in [4.69, 9.17) is 60.0 Å². The summed E-state index contributed by atoms with van der Waals surface area (Å²) in [5, 5.41) is 66.7. The standard InChI is InChI=1S/4CH2O3.2Al.Mg/c4*2-1(3)4;;;/h4*(H2,2,3,4);;;/q;;;;2*+3;+2/p-8. The van der Waals surface area contributed by atoms with E-state index in [1.807, 2.05) is 0 Å². The van der Waals surface area contributed by atoms with Crippen LogP contribution in [0.3, 0.4) is 0 Å². The van der Waals surface area contributed by atoms with Crippen molar-refractivity contribution in [1.29, 1.82) is 0 Å². The van der Waals surface area contributed by atoms with Gasteiger partial charge in [-0.3, -0.25) is 0 Å². The molecule has 0 aromatic carbocycles. The van der Waals surface area contributed by atoms with Crippen molar-refractivity contribution in [1.82, 2.24) is 0 Å². The first-order valence-electron chi connectivity index (χ1n) is 2.45. The van der Waals surface area contributed by atoms with Crippen molar-refractivity contribution in [3.8, 4) is 0 Å². The number of hydrogen-bond donors (Lipinski definition) is 0. The van der Waals surface area contributed by atoms with Gasteiger partial charge < -0.3 is 60.0 Å². The maximum absolute atomic E-state index is 8.33. The van der Waals surface area contributed by atoms with Gasteiger partial charge in [-0.1, -0.05) is 0 Å². The van der Waals surface area contributed by atoms with Gasteiger partial charge in [0.1, 0.15) is 0 Å². The number of carbonyl (C=O) groups excluding carboxylic acids is 4. The molecule has 0 amide bonds. The van der Waals surface area contributed by atoms with E-state index in [0.717, 1.165) is 0 Å². The average Bonchev–Trinajstić information content (AvgIpc) is 1.76. The van der Waals surface area contributed by atoms with Gasteiger partial charge in [-0.15, -0.1) is 0 Å². The Morgan fingerprint density at radius 3 is 0.421 bits per heavy atom. The zero-order valence-electron chi connectivity index (χ0n) is 8.76. The molecule has 0 rings (SSSR count). The van der Waals surface area contributed by atoms with E-state index in [9.17, 15) is 0 Å². The third-order valence-electron chi connectivity index (χ3n) is 0. The Labute approximate surface area is 142 Å². The van der Waals surface area contributed by atoms with Crippen molar-refractivity contribution in [2.75, 3.05) is 0 Å². The Morgan fingerprint density at radius 1 is 0.421 bits per heavy atom. The third kappa shape index (κ3) is 3170.